The topological polar surface area (TPSA) is 61.6 Å². The lowest BCUT2D eigenvalue weighted by molar-refractivity contribution is -0.138. The second-order valence-corrected chi connectivity index (χ2v) is 5.04. The van der Waals surface area contributed by atoms with Gasteiger partial charge in [0.25, 0.3) is 0 Å². The van der Waals surface area contributed by atoms with Gasteiger partial charge in [-0.25, -0.2) is 0 Å². The van der Waals surface area contributed by atoms with Crippen LogP contribution in [0.2, 0.25) is 0 Å². The monoisotopic (exact) mass is 268 g/mol. The molecule has 6 nitrogen and oxygen atoms in total. The van der Waals surface area contributed by atoms with Crippen molar-refractivity contribution < 1.29 is 9.90 Å². The molecule has 19 heavy (non-hydrogen) atoms. The Labute approximate surface area is 114 Å². The van der Waals surface area contributed by atoms with Gasteiger partial charge < -0.3 is 10.0 Å². The summed E-state index contributed by atoms with van der Waals surface area (Å²) in [5.41, 5.74) is 2.16. The zero-order valence-electron chi connectivity index (χ0n) is 12.3. The highest BCUT2D eigenvalue weighted by Crippen LogP contribution is 2.10. The van der Waals surface area contributed by atoms with Gasteiger partial charge in [0.05, 0.1) is 12.2 Å². The second-order valence-electron chi connectivity index (χ2n) is 5.04. The largest absolute Gasteiger partial charge is 0.480 e. The quantitative estimate of drug-likeness (QED) is 0.741. The van der Waals surface area contributed by atoms with Crippen LogP contribution in [0.5, 0.6) is 0 Å². The van der Waals surface area contributed by atoms with Crippen molar-refractivity contribution in [2.24, 2.45) is 7.05 Å². The maximum atomic E-state index is 10.9. The number of aryl methyl sites for hydroxylation is 2. The molecule has 0 unspecified atom stereocenters. The first kappa shape index (κ1) is 15.7. The van der Waals surface area contributed by atoms with E-state index in [1.165, 1.54) is 0 Å². The molecule has 0 spiro atoms. The molecule has 0 aliphatic carbocycles. The summed E-state index contributed by atoms with van der Waals surface area (Å²) in [6.45, 7) is 4.34. The van der Waals surface area contributed by atoms with Gasteiger partial charge in [0, 0.05) is 38.4 Å². The van der Waals surface area contributed by atoms with Crippen LogP contribution in [0.15, 0.2) is 6.20 Å². The third-order valence-electron chi connectivity index (χ3n) is 2.94. The third kappa shape index (κ3) is 5.40. The first-order chi connectivity index (χ1) is 8.92. The number of nitrogens with zero attached hydrogens (tertiary/aromatic N) is 4. The van der Waals surface area contributed by atoms with Crippen molar-refractivity contribution in [1.29, 1.82) is 0 Å². The SMILES string of the molecule is CCc1nn(C)cc1CN(CCN(C)C)CC(=O)O. The van der Waals surface area contributed by atoms with E-state index in [1.54, 1.807) is 4.68 Å². The molecule has 0 bridgehead atoms. The molecule has 1 aromatic rings. The Balaban J connectivity index is 2.71. The van der Waals surface area contributed by atoms with Crippen LogP contribution < -0.4 is 0 Å². The minimum absolute atomic E-state index is 0.0614. The average Bonchev–Trinajstić information content (AvgIpc) is 2.65. The third-order valence-corrected chi connectivity index (χ3v) is 2.94. The van der Waals surface area contributed by atoms with Crippen LogP contribution in [0.1, 0.15) is 18.2 Å². The standard InChI is InChI=1S/C13H24N4O2/c1-5-12-11(8-16(4)14-12)9-17(10-13(18)19)7-6-15(2)3/h8H,5-7,9-10H2,1-4H3,(H,18,19). The van der Waals surface area contributed by atoms with E-state index in [9.17, 15) is 4.79 Å². The van der Waals surface area contributed by atoms with Gasteiger partial charge in [-0.2, -0.15) is 5.10 Å². The fraction of sp³-hybridized carbons (Fsp3) is 0.692. The van der Waals surface area contributed by atoms with Gasteiger partial charge in [0.15, 0.2) is 0 Å². The van der Waals surface area contributed by atoms with Gasteiger partial charge in [0.1, 0.15) is 0 Å². The van der Waals surface area contributed by atoms with Gasteiger partial charge >= 0.3 is 5.97 Å². The molecule has 0 radical (unpaired) electrons. The summed E-state index contributed by atoms with van der Waals surface area (Å²) < 4.78 is 1.79. The molecule has 0 aliphatic rings. The lowest BCUT2D eigenvalue weighted by Crippen LogP contribution is -2.35. The van der Waals surface area contributed by atoms with Crippen LogP contribution in [0, 0.1) is 0 Å². The minimum Gasteiger partial charge on any atom is -0.480 e. The Hall–Kier alpha value is -1.40. The summed E-state index contributed by atoms with van der Waals surface area (Å²) in [4.78, 5) is 14.9. The molecule has 1 heterocycles. The van der Waals surface area contributed by atoms with Crippen molar-refractivity contribution in [3.8, 4) is 0 Å². The van der Waals surface area contributed by atoms with Crippen molar-refractivity contribution in [3.05, 3.63) is 17.5 Å². The fourth-order valence-corrected chi connectivity index (χ4v) is 2.00. The highest BCUT2D eigenvalue weighted by molar-refractivity contribution is 5.69. The molecule has 0 saturated carbocycles. The first-order valence-electron chi connectivity index (χ1n) is 6.52. The molecule has 0 saturated heterocycles. The molecule has 1 aromatic heterocycles. The Morgan fingerprint density at radius 2 is 2.11 bits per heavy atom. The predicted molar refractivity (Wildman–Crippen MR) is 74.1 cm³/mol. The molecule has 1 rings (SSSR count). The molecule has 0 fully saturated rings. The highest BCUT2D eigenvalue weighted by atomic mass is 16.4. The predicted octanol–water partition coefficient (Wildman–Crippen LogP) is 0.431. The molecule has 0 atom stereocenters. The van der Waals surface area contributed by atoms with Crippen molar-refractivity contribution in [3.63, 3.8) is 0 Å². The summed E-state index contributed by atoms with van der Waals surface area (Å²) in [6, 6.07) is 0. The Morgan fingerprint density at radius 3 is 2.63 bits per heavy atom. The van der Waals surface area contributed by atoms with Gasteiger partial charge in [-0.1, -0.05) is 6.92 Å². The number of carboxylic acids is 1. The van der Waals surface area contributed by atoms with Crippen molar-refractivity contribution in [2.75, 3.05) is 33.7 Å². The van der Waals surface area contributed by atoms with Crippen LogP contribution >= 0.6 is 0 Å². The van der Waals surface area contributed by atoms with Gasteiger partial charge in [-0.3, -0.25) is 14.4 Å². The van der Waals surface area contributed by atoms with Crippen LogP contribution in [0.25, 0.3) is 0 Å². The summed E-state index contributed by atoms with van der Waals surface area (Å²) >= 11 is 0. The van der Waals surface area contributed by atoms with Crippen LogP contribution in [0.3, 0.4) is 0 Å². The zero-order chi connectivity index (χ0) is 14.4. The summed E-state index contributed by atoms with van der Waals surface area (Å²) in [7, 11) is 5.87. The average molecular weight is 268 g/mol. The van der Waals surface area contributed by atoms with E-state index in [0.717, 1.165) is 30.8 Å². The Bertz CT molecular complexity index is 415. The molecule has 0 amide bonds. The van der Waals surface area contributed by atoms with E-state index in [1.807, 2.05) is 32.2 Å². The smallest absolute Gasteiger partial charge is 0.317 e. The van der Waals surface area contributed by atoms with E-state index < -0.39 is 5.97 Å². The highest BCUT2D eigenvalue weighted by Gasteiger charge is 2.14. The second kappa shape index (κ2) is 7.25. The molecule has 0 aliphatic heterocycles. The molecule has 6 heteroatoms. The fourth-order valence-electron chi connectivity index (χ4n) is 2.00. The number of aliphatic carboxylic acids is 1. The number of aromatic nitrogens is 2. The van der Waals surface area contributed by atoms with E-state index in [0.29, 0.717) is 6.54 Å². The van der Waals surface area contributed by atoms with E-state index >= 15 is 0 Å². The number of carboxylic acid groups (broad SMARTS) is 1. The Morgan fingerprint density at radius 1 is 1.42 bits per heavy atom. The molecular formula is C13H24N4O2. The van der Waals surface area contributed by atoms with Crippen LogP contribution in [0.4, 0.5) is 0 Å². The van der Waals surface area contributed by atoms with Gasteiger partial charge in [-0.15, -0.1) is 0 Å². The van der Waals surface area contributed by atoms with E-state index in [-0.39, 0.29) is 6.54 Å². The van der Waals surface area contributed by atoms with Crippen LogP contribution in [-0.2, 0) is 24.8 Å². The number of hydrogen-bond acceptors (Lipinski definition) is 4. The summed E-state index contributed by atoms with van der Waals surface area (Å²) in [5.74, 6) is -0.791. The maximum Gasteiger partial charge on any atom is 0.317 e. The van der Waals surface area contributed by atoms with Crippen molar-refractivity contribution >= 4 is 5.97 Å². The molecule has 0 aromatic carbocycles. The number of likely N-dealkylation sites (N-methyl/N-ethyl adjacent to an activating group) is 1. The van der Waals surface area contributed by atoms with Crippen LogP contribution in [-0.4, -0.2) is 64.4 Å². The molecule has 1 N–H and O–H groups in total. The molecule has 108 valence electrons. The molecular weight excluding hydrogens is 244 g/mol. The summed E-state index contributed by atoms with van der Waals surface area (Å²) in [5, 5.41) is 13.4. The van der Waals surface area contributed by atoms with E-state index in [2.05, 4.69) is 16.9 Å². The number of rotatable bonds is 8. The minimum atomic E-state index is -0.791. The zero-order valence-corrected chi connectivity index (χ0v) is 12.3. The summed E-state index contributed by atoms with van der Waals surface area (Å²) in [6.07, 6.45) is 2.84. The Kier molecular flexibility index (Phi) is 5.98. The van der Waals surface area contributed by atoms with Gasteiger partial charge in [0.2, 0.25) is 0 Å². The lowest BCUT2D eigenvalue weighted by Gasteiger charge is -2.22. The first-order valence-corrected chi connectivity index (χ1v) is 6.52. The number of carbonyl (C=O) groups is 1. The number of hydrogen-bond donors (Lipinski definition) is 1. The normalized spacial score (nSPS) is 11.5. The van der Waals surface area contributed by atoms with E-state index in [4.69, 9.17) is 5.11 Å². The maximum absolute atomic E-state index is 10.9. The van der Waals surface area contributed by atoms with Crippen molar-refractivity contribution in [1.82, 2.24) is 19.6 Å². The van der Waals surface area contributed by atoms with Crippen molar-refractivity contribution in [2.45, 2.75) is 19.9 Å². The van der Waals surface area contributed by atoms with Gasteiger partial charge in [-0.05, 0) is 20.5 Å². The lowest BCUT2D eigenvalue weighted by atomic mass is 10.2.